The Kier molecular flexibility index (Phi) is 2.94. The fraction of sp³-hybridized carbons (Fsp3) is 0.167. The number of para-hydroxylation sites is 1. The number of nitrogens with one attached hydrogen (secondary N) is 1. The summed E-state index contributed by atoms with van der Waals surface area (Å²) in [5.41, 5.74) is 2.46. The maximum atomic E-state index is 4.17. The van der Waals surface area contributed by atoms with Crippen molar-refractivity contribution in [1.29, 1.82) is 0 Å². The number of hydrogen-bond acceptors (Lipinski definition) is 1. The summed E-state index contributed by atoms with van der Waals surface area (Å²) in [6.45, 7) is 0. The van der Waals surface area contributed by atoms with Gasteiger partial charge in [0.15, 0.2) is 0 Å². The first-order chi connectivity index (χ1) is 6.92. The molecular formula is C12H13NS. The molecule has 0 aliphatic heterocycles. The van der Waals surface area contributed by atoms with Gasteiger partial charge in [0.2, 0.25) is 0 Å². The smallest absolute Gasteiger partial charge is 0.0527 e. The highest BCUT2D eigenvalue weighted by molar-refractivity contribution is 7.80. The minimum Gasteiger partial charge on any atom is -0.361 e. The van der Waals surface area contributed by atoms with Crippen LogP contribution >= 0.6 is 12.6 Å². The number of fused-ring (bicyclic) bond motifs is 1. The summed E-state index contributed by atoms with van der Waals surface area (Å²) < 4.78 is 0. The lowest BCUT2D eigenvalue weighted by atomic mass is 10.1. The van der Waals surface area contributed by atoms with Gasteiger partial charge in [-0.3, -0.25) is 0 Å². The second-order valence-electron chi connectivity index (χ2n) is 3.20. The van der Waals surface area contributed by atoms with Crippen LogP contribution in [0.15, 0.2) is 36.5 Å². The number of H-pyrrole nitrogens is 1. The van der Waals surface area contributed by atoms with E-state index in [1.807, 2.05) is 6.20 Å². The van der Waals surface area contributed by atoms with Crippen LogP contribution in [0, 0.1) is 0 Å². The Morgan fingerprint density at radius 1 is 1.29 bits per heavy atom. The highest BCUT2D eigenvalue weighted by Crippen LogP contribution is 2.18. The van der Waals surface area contributed by atoms with Gasteiger partial charge >= 0.3 is 0 Å². The van der Waals surface area contributed by atoms with Gasteiger partial charge in [0.25, 0.3) is 0 Å². The molecule has 0 unspecified atom stereocenters. The van der Waals surface area contributed by atoms with E-state index in [-0.39, 0.29) is 0 Å². The van der Waals surface area contributed by atoms with Gasteiger partial charge in [-0.15, -0.1) is 0 Å². The van der Waals surface area contributed by atoms with E-state index in [0.717, 1.165) is 12.2 Å². The van der Waals surface area contributed by atoms with Gasteiger partial charge in [-0.05, 0) is 29.2 Å². The van der Waals surface area contributed by atoms with Crippen LogP contribution in [-0.2, 0) is 0 Å². The Morgan fingerprint density at radius 3 is 3.07 bits per heavy atom. The van der Waals surface area contributed by atoms with E-state index in [4.69, 9.17) is 0 Å². The molecule has 1 N–H and O–H groups in total. The Bertz CT molecular complexity index is 442. The van der Waals surface area contributed by atoms with E-state index in [1.165, 1.54) is 16.5 Å². The van der Waals surface area contributed by atoms with Gasteiger partial charge in [-0.2, -0.15) is 12.6 Å². The maximum absolute atomic E-state index is 4.17. The van der Waals surface area contributed by atoms with Crippen molar-refractivity contribution in [3.05, 3.63) is 42.1 Å². The lowest BCUT2D eigenvalue weighted by Crippen LogP contribution is -1.76. The highest BCUT2D eigenvalue weighted by atomic mass is 32.1. The largest absolute Gasteiger partial charge is 0.361 e. The van der Waals surface area contributed by atoms with E-state index >= 15 is 0 Å². The summed E-state index contributed by atoms with van der Waals surface area (Å²) in [7, 11) is 0. The SMILES string of the molecule is SCCC=Cc1cccc2cc[nH]c12. The van der Waals surface area contributed by atoms with Crippen molar-refractivity contribution in [2.45, 2.75) is 6.42 Å². The molecule has 72 valence electrons. The third kappa shape index (κ3) is 1.85. The molecule has 0 saturated heterocycles. The fourth-order valence-electron chi connectivity index (χ4n) is 1.53. The molecule has 1 nitrogen and oxygen atoms in total. The Balaban J connectivity index is 2.36. The average molecular weight is 203 g/mol. The summed E-state index contributed by atoms with van der Waals surface area (Å²) in [5.74, 6) is 0.900. The third-order valence-electron chi connectivity index (χ3n) is 2.21. The van der Waals surface area contributed by atoms with Crippen LogP contribution < -0.4 is 0 Å². The number of allylic oxidation sites excluding steroid dienone is 1. The Morgan fingerprint density at radius 2 is 2.21 bits per heavy atom. The molecule has 0 aliphatic rings. The summed E-state index contributed by atoms with van der Waals surface area (Å²) in [4.78, 5) is 3.24. The second kappa shape index (κ2) is 4.38. The number of rotatable bonds is 3. The average Bonchev–Trinajstić information content (AvgIpc) is 2.67. The number of hydrogen-bond donors (Lipinski definition) is 2. The summed E-state index contributed by atoms with van der Waals surface area (Å²) in [6, 6.07) is 8.40. The molecule has 0 amide bonds. The van der Waals surface area contributed by atoms with E-state index in [0.29, 0.717) is 0 Å². The predicted molar refractivity (Wildman–Crippen MR) is 65.8 cm³/mol. The summed E-state index contributed by atoms with van der Waals surface area (Å²) >= 11 is 4.17. The molecule has 0 atom stereocenters. The number of thiol groups is 1. The molecule has 0 fully saturated rings. The zero-order valence-electron chi connectivity index (χ0n) is 7.90. The summed E-state index contributed by atoms with van der Waals surface area (Å²) in [5, 5.41) is 1.26. The Labute approximate surface area is 89.2 Å². The number of benzene rings is 1. The van der Waals surface area contributed by atoms with Gasteiger partial charge < -0.3 is 4.98 Å². The molecule has 0 radical (unpaired) electrons. The van der Waals surface area contributed by atoms with Gasteiger partial charge in [0.05, 0.1) is 5.52 Å². The molecule has 1 aromatic carbocycles. The van der Waals surface area contributed by atoms with Crippen molar-refractivity contribution >= 4 is 29.6 Å². The van der Waals surface area contributed by atoms with Crippen molar-refractivity contribution in [2.24, 2.45) is 0 Å². The number of aromatic nitrogens is 1. The minimum absolute atomic E-state index is 0.900. The molecule has 1 aromatic heterocycles. The number of aromatic amines is 1. The topological polar surface area (TPSA) is 15.8 Å². The third-order valence-corrected chi connectivity index (χ3v) is 2.47. The molecule has 0 saturated carbocycles. The van der Waals surface area contributed by atoms with Gasteiger partial charge in [-0.25, -0.2) is 0 Å². The van der Waals surface area contributed by atoms with Crippen LogP contribution in [0.1, 0.15) is 12.0 Å². The molecule has 0 bridgehead atoms. The Hall–Kier alpha value is -1.15. The van der Waals surface area contributed by atoms with Crippen molar-refractivity contribution < 1.29 is 0 Å². The molecule has 1 heterocycles. The zero-order valence-corrected chi connectivity index (χ0v) is 8.80. The first-order valence-electron chi connectivity index (χ1n) is 4.75. The van der Waals surface area contributed by atoms with E-state index in [2.05, 4.69) is 54.0 Å². The summed E-state index contributed by atoms with van der Waals surface area (Å²) in [6.07, 6.45) is 7.29. The van der Waals surface area contributed by atoms with Crippen molar-refractivity contribution in [1.82, 2.24) is 4.98 Å². The zero-order chi connectivity index (χ0) is 9.80. The predicted octanol–water partition coefficient (Wildman–Crippen LogP) is 3.50. The lowest BCUT2D eigenvalue weighted by Gasteiger charge is -1.96. The highest BCUT2D eigenvalue weighted by Gasteiger charge is 1.96. The monoisotopic (exact) mass is 203 g/mol. The van der Waals surface area contributed by atoms with Gasteiger partial charge in [0, 0.05) is 6.20 Å². The van der Waals surface area contributed by atoms with Gasteiger partial charge in [0.1, 0.15) is 0 Å². The minimum atomic E-state index is 0.900. The molecule has 2 heteroatoms. The van der Waals surface area contributed by atoms with Crippen LogP contribution in [-0.4, -0.2) is 10.7 Å². The van der Waals surface area contributed by atoms with Gasteiger partial charge in [-0.1, -0.05) is 30.4 Å². The molecular weight excluding hydrogens is 190 g/mol. The molecule has 0 spiro atoms. The van der Waals surface area contributed by atoms with E-state index < -0.39 is 0 Å². The standard InChI is InChI=1S/C12H13NS/c14-9-2-1-4-10-5-3-6-11-7-8-13-12(10)11/h1,3-8,13-14H,2,9H2. The van der Waals surface area contributed by atoms with Crippen LogP contribution in [0.25, 0.3) is 17.0 Å². The van der Waals surface area contributed by atoms with Crippen LogP contribution in [0.4, 0.5) is 0 Å². The van der Waals surface area contributed by atoms with Crippen LogP contribution in [0.2, 0.25) is 0 Å². The second-order valence-corrected chi connectivity index (χ2v) is 3.65. The fourth-order valence-corrected chi connectivity index (χ4v) is 1.68. The van der Waals surface area contributed by atoms with E-state index in [9.17, 15) is 0 Å². The first kappa shape index (κ1) is 9.41. The molecule has 14 heavy (non-hydrogen) atoms. The normalized spacial score (nSPS) is 11.5. The van der Waals surface area contributed by atoms with Crippen molar-refractivity contribution in [3.63, 3.8) is 0 Å². The van der Waals surface area contributed by atoms with Crippen LogP contribution in [0.5, 0.6) is 0 Å². The maximum Gasteiger partial charge on any atom is 0.0527 e. The van der Waals surface area contributed by atoms with Crippen LogP contribution in [0.3, 0.4) is 0 Å². The van der Waals surface area contributed by atoms with Crippen molar-refractivity contribution in [3.8, 4) is 0 Å². The quantitative estimate of drug-likeness (QED) is 0.710. The van der Waals surface area contributed by atoms with Crippen molar-refractivity contribution in [2.75, 3.05) is 5.75 Å². The lowest BCUT2D eigenvalue weighted by molar-refractivity contribution is 1.26. The molecule has 0 aliphatic carbocycles. The molecule has 2 aromatic rings. The van der Waals surface area contributed by atoms with E-state index in [1.54, 1.807) is 0 Å². The molecule has 2 rings (SSSR count). The first-order valence-corrected chi connectivity index (χ1v) is 5.38.